The molecule has 0 unspecified atom stereocenters. The molecular weight excluding hydrogens is 254 g/mol. The second-order valence-electron chi connectivity index (χ2n) is 6.03. The molecule has 1 atom stereocenters. The quantitative estimate of drug-likeness (QED) is 0.864. The maximum absolute atomic E-state index is 12.1. The summed E-state index contributed by atoms with van der Waals surface area (Å²) in [7, 11) is 0. The highest BCUT2D eigenvalue weighted by Crippen LogP contribution is 2.11. The second kappa shape index (κ2) is 6.07. The third-order valence-corrected chi connectivity index (χ3v) is 2.88. The molecule has 0 aromatic heterocycles. The van der Waals surface area contributed by atoms with Crippen LogP contribution in [0, 0.1) is 13.8 Å². The van der Waals surface area contributed by atoms with E-state index in [1.165, 1.54) is 0 Å². The van der Waals surface area contributed by atoms with E-state index < -0.39 is 17.6 Å². The largest absolute Gasteiger partial charge is 0.458 e. The zero-order chi connectivity index (χ0) is 15.5. The lowest BCUT2D eigenvalue weighted by Crippen LogP contribution is -2.42. The Morgan fingerprint density at radius 2 is 1.75 bits per heavy atom. The molecule has 0 heterocycles. The summed E-state index contributed by atoms with van der Waals surface area (Å²) in [6.07, 6.45) is 0. The van der Waals surface area contributed by atoms with Crippen LogP contribution >= 0.6 is 0 Å². The summed E-state index contributed by atoms with van der Waals surface area (Å²) in [6.45, 7) is 10.9. The summed E-state index contributed by atoms with van der Waals surface area (Å²) in [5, 5.41) is 2.65. The first-order valence-corrected chi connectivity index (χ1v) is 6.71. The minimum Gasteiger partial charge on any atom is -0.458 e. The number of carbonyl (C=O) groups is 2. The molecule has 0 spiro atoms. The van der Waals surface area contributed by atoms with Gasteiger partial charge in [-0.15, -0.1) is 0 Å². The number of hydrogen-bond donors (Lipinski definition) is 1. The Morgan fingerprint density at radius 1 is 1.15 bits per heavy atom. The highest BCUT2D eigenvalue weighted by molar-refractivity contribution is 5.96. The zero-order valence-electron chi connectivity index (χ0n) is 13.0. The van der Waals surface area contributed by atoms with Crippen molar-refractivity contribution in [1.82, 2.24) is 5.32 Å². The van der Waals surface area contributed by atoms with E-state index in [-0.39, 0.29) is 5.91 Å². The number of ether oxygens (including phenoxy) is 1. The van der Waals surface area contributed by atoms with Crippen LogP contribution in [-0.4, -0.2) is 23.5 Å². The summed E-state index contributed by atoms with van der Waals surface area (Å²) in [5.41, 5.74) is 2.16. The van der Waals surface area contributed by atoms with E-state index in [0.29, 0.717) is 5.56 Å². The van der Waals surface area contributed by atoms with Gasteiger partial charge in [-0.1, -0.05) is 6.07 Å². The maximum Gasteiger partial charge on any atom is 0.328 e. The lowest BCUT2D eigenvalue weighted by Gasteiger charge is -2.22. The number of hydrogen-bond acceptors (Lipinski definition) is 3. The van der Waals surface area contributed by atoms with Crippen molar-refractivity contribution in [3.8, 4) is 0 Å². The van der Waals surface area contributed by atoms with Crippen LogP contribution in [0.15, 0.2) is 18.2 Å². The Hall–Kier alpha value is -1.84. The smallest absolute Gasteiger partial charge is 0.328 e. The van der Waals surface area contributed by atoms with Crippen molar-refractivity contribution in [3.63, 3.8) is 0 Å². The fourth-order valence-corrected chi connectivity index (χ4v) is 1.61. The SMILES string of the molecule is Cc1ccc(C(=O)N[C@@H](C)C(=O)OC(C)(C)C)cc1C. The number of benzene rings is 1. The normalized spacial score (nSPS) is 12.7. The first-order chi connectivity index (χ1) is 9.10. The highest BCUT2D eigenvalue weighted by atomic mass is 16.6. The lowest BCUT2D eigenvalue weighted by atomic mass is 10.1. The van der Waals surface area contributed by atoms with Gasteiger partial charge in [-0.3, -0.25) is 4.79 Å². The van der Waals surface area contributed by atoms with Gasteiger partial charge in [0, 0.05) is 5.56 Å². The fourth-order valence-electron chi connectivity index (χ4n) is 1.61. The van der Waals surface area contributed by atoms with Crippen LogP contribution in [0.2, 0.25) is 0 Å². The summed E-state index contributed by atoms with van der Waals surface area (Å²) in [6, 6.07) is 4.78. The van der Waals surface area contributed by atoms with Crippen LogP contribution in [0.3, 0.4) is 0 Å². The van der Waals surface area contributed by atoms with Crippen molar-refractivity contribution in [3.05, 3.63) is 34.9 Å². The van der Waals surface area contributed by atoms with Gasteiger partial charge in [0.2, 0.25) is 0 Å². The van der Waals surface area contributed by atoms with Crippen molar-refractivity contribution in [2.75, 3.05) is 0 Å². The second-order valence-corrected chi connectivity index (χ2v) is 6.03. The highest BCUT2D eigenvalue weighted by Gasteiger charge is 2.23. The molecule has 0 bridgehead atoms. The minimum atomic E-state index is -0.677. The molecule has 1 aromatic carbocycles. The third kappa shape index (κ3) is 4.68. The van der Waals surface area contributed by atoms with Crippen molar-refractivity contribution in [1.29, 1.82) is 0 Å². The molecule has 110 valence electrons. The van der Waals surface area contributed by atoms with Crippen molar-refractivity contribution in [2.45, 2.75) is 53.2 Å². The number of amides is 1. The Balaban J connectivity index is 2.70. The Labute approximate surface area is 120 Å². The number of aryl methyl sites for hydroxylation is 2. The van der Waals surface area contributed by atoms with Crippen LogP contribution in [-0.2, 0) is 9.53 Å². The zero-order valence-corrected chi connectivity index (χ0v) is 13.0. The van der Waals surface area contributed by atoms with Crippen LogP contribution in [0.5, 0.6) is 0 Å². The van der Waals surface area contributed by atoms with Gasteiger partial charge in [0.15, 0.2) is 0 Å². The molecule has 0 saturated heterocycles. The molecule has 4 nitrogen and oxygen atoms in total. The Morgan fingerprint density at radius 3 is 2.25 bits per heavy atom. The average Bonchev–Trinajstić information content (AvgIpc) is 2.30. The summed E-state index contributed by atoms with van der Waals surface area (Å²) in [5.74, 6) is -0.707. The molecule has 1 amide bonds. The molecular formula is C16H23NO3. The molecule has 1 N–H and O–H groups in total. The van der Waals surface area contributed by atoms with E-state index in [1.807, 2.05) is 26.0 Å². The van der Waals surface area contributed by atoms with Crippen molar-refractivity contribution >= 4 is 11.9 Å². The van der Waals surface area contributed by atoms with Crippen LogP contribution in [0.4, 0.5) is 0 Å². The van der Waals surface area contributed by atoms with Crippen LogP contribution < -0.4 is 5.32 Å². The summed E-state index contributed by atoms with van der Waals surface area (Å²) in [4.78, 5) is 23.9. The number of carbonyl (C=O) groups excluding carboxylic acids is 2. The fraction of sp³-hybridized carbons (Fsp3) is 0.500. The van der Waals surface area contributed by atoms with Gasteiger partial charge in [0.05, 0.1) is 0 Å². The van der Waals surface area contributed by atoms with Gasteiger partial charge in [-0.2, -0.15) is 0 Å². The summed E-state index contributed by atoms with van der Waals surface area (Å²) < 4.78 is 5.23. The van der Waals surface area contributed by atoms with E-state index in [2.05, 4.69) is 5.32 Å². The molecule has 1 rings (SSSR count). The molecule has 0 saturated carbocycles. The first-order valence-electron chi connectivity index (χ1n) is 6.71. The Kier molecular flexibility index (Phi) is 4.93. The van der Waals surface area contributed by atoms with E-state index >= 15 is 0 Å². The van der Waals surface area contributed by atoms with Gasteiger partial charge in [-0.05, 0) is 64.8 Å². The predicted octanol–water partition coefficient (Wildman–Crippen LogP) is 2.76. The maximum atomic E-state index is 12.1. The monoisotopic (exact) mass is 277 g/mol. The number of esters is 1. The molecule has 0 aliphatic rings. The standard InChI is InChI=1S/C16H23NO3/c1-10-7-8-13(9-11(10)2)14(18)17-12(3)15(19)20-16(4,5)6/h7-9,12H,1-6H3,(H,17,18)/t12-/m0/s1. The van der Waals surface area contributed by atoms with Gasteiger partial charge in [0.1, 0.15) is 11.6 Å². The van der Waals surface area contributed by atoms with Crippen LogP contribution in [0.25, 0.3) is 0 Å². The number of rotatable bonds is 3. The topological polar surface area (TPSA) is 55.4 Å². The Bertz CT molecular complexity index is 515. The minimum absolute atomic E-state index is 0.272. The molecule has 0 fully saturated rings. The average molecular weight is 277 g/mol. The van der Waals surface area contributed by atoms with E-state index in [0.717, 1.165) is 11.1 Å². The van der Waals surface area contributed by atoms with Crippen molar-refractivity contribution < 1.29 is 14.3 Å². The predicted molar refractivity (Wildman–Crippen MR) is 78.7 cm³/mol. The molecule has 20 heavy (non-hydrogen) atoms. The summed E-state index contributed by atoms with van der Waals surface area (Å²) >= 11 is 0. The molecule has 0 aliphatic heterocycles. The van der Waals surface area contributed by atoms with E-state index in [9.17, 15) is 9.59 Å². The van der Waals surface area contributed by atoms with Crippen LogP contribution in [0.1, 0.15) is 49.2 Å². The lowest BCUT2D eigenvalue weighted by molar-refractivity contribution is -0.156. The number of nitrogens with one attached hydrogen (secondary N) is 1. The van der Waals surface area contributed by atoms with Gasteiger partial charge >= 0.3 is 5.97 Å². The van der Waals surface area contributed by atoms with Gasteiger partial charge in [-0.25, -0.2) is 4.79 Å². The van der Waals surface area contributed by atoms with E-state index in [4.69, 9.17) is 4.74 Å². The molecule has 0 radical (unpaired) electrons. The molecule has 0 aliphatic carbocycles. The van der Waals surface area contributed by atoms with Gasteiger partial charge in [0.25, 0.3) is 5.91 Å². The first kappa shape index (κ1) is 16.2. The molecule has 1 aromatic rings. The van der Waals surface area contributed by atoms with Crippen molar-refractivity contribution in [2.24, 2.45) is 0 Å². The third-order valence-electron chi connectivity index (χ3n) is 2.88. The van der Waals surface area contributed by atoms with E-state index in [1.54, 1.807) is 33.8 Å². The van der Waals surface area contributed by atoms with Gasteiger partial charge < -0.3 is 10.1 Å². The molecule has 4 heteroatoms.